The van der Waals surface area contributed by atoms with E-state index in [4.69, 9.17) is 22.2 Å². The van der Waals surface area contributed by atoms with E-state index < -0.39 is 11.8 Å². The van der Waals surface area contributed by atoms with Crippen molar-refractivity contribution in [3.63, 3.8) is 0 Å². The Balaban J connectivity index is 2.42. The smallest absolute Gasteiger partial charge is 0.265 e. The number of allylic oxidation sites excluding steroid dienone is 1. The zero-order valence-electron chi connectivity index (χ0n) is 14.0. The predicted molar refractivity (Wildman–Crippen MR) is 97.6 cm³/mol. The number of thiocarbonyl (C=S) groups is 1. The quantitative estimate of drug-likeness (QED) is 0.349. The van der Waals surface area contributed by atoms with Crippen LogP contribution in [-0.4, -0.2) is 47.4 Å². The molecule has 0 atom stereocenters. The van der Waals surface area contributed by atoms with Crippen LogP contribution in [0.15, 0.2) is 36.4 Å². The molecule has 1 heterocycles. The van der Waals surface area contributed by atoms with Crippen molar-refractivity contribution in [1.29, 1.82) is 5.26 Å². The van der Waals surface area contributed by atoms with Crippen molar-refractivity contribution in [2.45, 2.75) is 6.42 Å². The Morgan fingerprint density at radius 2 is 1.92 bits per heavy atom. The van der Waals surface area contributed by atoms with Gasteiger partial charge >= 0.3 is 0 Å². The minimum atomic E-state index is -0.442. The van der Waals surface area contributed by atoms with E-state index in [1.165, 1.54) is 30.0 Å². The van der Waals surface area contributed by atoms with Crippen molar-refractivity contribution >= 4 is 35.2 Å². The molecule has 1 aliphatic rings. The normalized spacial score (nSPS) is 14.4. The minimum absolute atomic E-state index is 0.0360. The van der Waals surface area contributed by atoms with Crippen LogP contribution in [0.25, 0.3) is 6.08 Å². The molecule has 0 saturated carbocycles. The predicted octanol–water partition coefficient (Wildman–Crippen LogP) is 1.92. The summed E-state index contributed by atoms with van der Waals surface area (Å²) in [6.07, 6.45) is 3.77. The summed E-state index contributed by atoms with van der Waals surface area (Å²) in [5.41, 5.74) is 1.52. The molecule has 128 valence electrons. The van der Waals surface area contributed by atoms with E-state index >= 15 is 0 Å². The third-order valence-corrected chi connectivity index (χ3v) is 4.24. The molecule has 1 aromatic carbocycles. The zero-order valence-corrected chi connectivity index (χ0v) is 14.8. The largest absolute Gasteiger partial charge is 0.478 e. The van der Waals surface area contributed by atoms with Crippen molar-refractivity contribution < 1.29 is 14.3 Å². The van der Waals surface area contributed by atoms with Gasteiger partial charge < -0.3 is 4.74 Å². The van der Waals surface area contributed by atoms with E-state index in [2.05, 4.69) is 6.58 Å². The number of nitriles is 1. The summed E-state index contributed by atoms with van der Waals surface area (Å²) in [5.74, 6) is -0.313. The van der Waals surface area contributed by atoms with Crippen molar-refractivity contribution in [3.05, 3.63) is 47.6 Å². The second kappa shape index (κ2) is 7.73. The first-order chi connectivity index (χ1) is 11.9. The molecule has 0 aromatic heterocycles. The lowest BCUT2D eigenvalue weighted by Crippen LogP contribution is -2.52. The summed E-state index contributed by atoms with van der Waals surface area (Å²) < 4.78 is 5.38. The fourth-order valence-corrected chi connectivity index (χ4v) is 2.56. The standard InChI is InChI=1S/C18H17N3O3S/c1-4-5-13-10-12(6-7-15(13)24-9-8-19)11-14-16(22)20(2)18(25)21(3)17(14)23/h4,6-7,10-11H,1,5,9H2,2-3H3. The van der Waals surface area contributed by atoms with E-state index in [-0.39, 0.29) is 17.3 Å². The number of likely N-dealkylation sites (N-methyl/N-ethyl adjacent to an activating group) is 2. The van der Waals surface area contributed by atoms with Crippen LogP contribution in [0.4, 0.5) is 0 Å². The van der Waals surface area contributed by atoms with Crippen LogP contribution in [0.1, 0.15) is 11.1 Å². The van der Waals surface area contributed by atoms with E-state index in [1.807, 2.05) is 6.07 Å². The number of rotatable bonds is 5. The Morgan fingerprint density at radius 1 is 1.28 bits per heavy atom. The fraction of sp³-hybridized carbons (Fsp3) is 0.222. The number of ether oxygens (including phenoxy) is 1. The number of benzene rings is 1. The minimum Gasteiger partial charge on any atom is -0.478 e. The van der Waals surface area contributed by atoms with Crippen LogP contribution in [0.5, 0.6) is 5.75 Å². The Morgan fingerprint density at radius 3 is 2.48 bits per heavy atom. The second-order valence-corrected chi connectivity index (χ2v) is 5.74. The van der Waals surface area contributed by atoms with Gasteiger partial charge in [-0.15, -0.1) is 6.58 Å². The Kier molecular flexibility index (Phi) is 5.67. The maximum atomic E-state index is 12.4. The molecule has 1 aromatic rings. The summed E-state index contributed by atoms with van der Waals surface area (Å²) in [5, 5.41) is 8.82. The first-order valence-electron chi connectivity index (χ1n) is 7.46. The van der Waals surface area contributed by atoms with E-state index in [1.54, 1.807) is 24.3 Å². The number of carbonyl (C=O) groups excluding carboxylic acids is 2. The van der Waals surface area contributed by atoms with Gasteiger partial charge in [-0.1, -0.05) is 12.1 Å². The van der Waals surface area contributed by atoms with E-state index in [0.29, 0.717) is 17.7 Å². The topological polar surface area (TPSA) is 73.6 Å². The SMILES string of the molecule is C=CCc1cc(C=C2C(=O)N(C)C(=S)N(C)C2=O)ccc1OCC#N. The van der Waals surface area contributed by atoms with Crippen LogP contribution in [0, 0.1) is 11.3 Å². The van der Waals surface area contributed by atoms with Crippen LogP contribution < -0.4 is 4.74 Å². The molecule has 0 unspecified atom stereocenters. The van der Waals surface area contributed by atoms with Crippen LogP contribution in [0.3, 0.4) is 0 Å². The highest BCUT2D eigenvalue weighted by Gasteiger charge is 2.35. The van der Waals surface area contributed by atoms with Crippen molar-refractivity contribution in [2.24, 2.45) is 0 Å². The van der Waals surface area contributed by atoms with Gasteiger partial charge in [0.15, 0.2) is 11.7 Å². The van der Waals surface area contributed by atoms with Crippen molar-refractivity contribution in [3.8, 4) is 11.8 Å². The summed E-state index contributed by atoms with van der Waals surface area (Å²) in [6.45, 7) is 3.64. The lowest BCUT2D eigenvalue weighted by Gasteiger charge is -2.31. The molecule has 1 fully saturated rings. The molecule has 0 N–H and O–H groups in total. The molecule has 0 radical (unpaired) electrons. The molecule has 0 spiro atoms. The molecular formula is C18H17N3O3S. The molecule has 1 saturated heterocycles. The van der Waals surface area contributed by atoms with Gasteiger partial charge in [0, 0.05) is 14.1 Å². The van der Waals surface area contributed by atoms with Crippen LogP contribution in [-0.2, 0) is 16.0 Å². The van der Waals surface area contributed by atoms with Gasteiger partial charge in [0.05, 0.1) is 0 Å². The second-order valence-electron chi connectivity index (χ2n) is 5.38. The maximum absolute atomic E-state index is 12.4. The molecule has 6 nitrogen and oxygen atoms in total. The zero-order chi connectivity index (χ0) is 18.6. The maximum Gasteiger partial charge on any atom is 0.265 e. The first-order valence-corrected chi connectivity index (χ1v) is 7.86. The lowest BCUT2D eigenvalue weighted by molar-refractivity contribution is -0.132. The van der Waals surface area contributed by atoms with Gasteiger partial charge in [0.2, 0.25) is 0 Å². The Labute approximate surface area is 151 Å². The van der Waals surface area contributed by atoms with Crippen LogP contribution in [0.2, 0.25) is 0 Å². The third-order valence-electron chi connectivity index (χ3n) is 3.70. The van der Waals surface area contributed by atoms with Gasteiger partial charge in [0.25, 0.3) is 11.8 Å². The molecule has 2 amide bonds. The molecule has 2 rings (SSSR count). The molecule has 0 bridgehead atoms. The highest BCUT2D eigenvalue weighted by Crippen LogP contribution is 2.24. The average molecular weight is 355 g/mol. The number of hydrogen-bond acceptors (Lipinski definition) is 5. The first kappa shape index (κ1) is 18.4. The van der Waals surface area contributed by atoms with Gasteiger partial charge in [-0.05, 0) is 48.0 Å². The summed E-state index contributed by atoms with van der Waals surface area (Å²) in [6, 6.07) is 7.15. The Bertz CT molecular complexity index is 797. The van der Waals surface area contributed by atoms with Crippen molar-refractivity contribution in [2.75, 3.05) is 20.7 Å². The van der Waals surface area contributed by atoms with Gasteiger partial charge in [-0.2, -0.15) is 5.26 Å². The van der Waals surface area contributed by atoms with Crippen molar-refractivity contribution in [1.82, 2.24) is 9.80 Å². The number of carbonyl (C=O) groups is 2. The molecular weight excluding hydrogens is 338 g/mol. The molecule has 25 heavy (non-hydrogen) atoms. The number of nitrogens with zero attached hydrogens (tertiary/aromatic N) is 3. The third kappa shape index (κ3) is 3.75. The van der Waals surface area contributed by atoms with Gasteiger partial charge in [0.1, 0.15) is 17.4 Å². The number of hydrogen-bond donors (Lipinski definition) is 0. The van der Waals surface area contributed by atoms with E-state index in [0.717, 1.165) is 5.56 Å². The van der Waals surface area contributed by atoms with E-state index in [9.17, 15) is 9.59 Å². The van der Waals surface area contributed by atoms with Crippen LogP contribution >= 0.6 is 12.2 Å². The average Bonchev–Trinajstić information content (AvgIpc) is 2.61. The monoisotopic (exact) mass is 355 g/mol. The molecule has 1 aliphatic heterocycles. The molecule has 0 aliphatic carbocycles. The highest BCUT2D eigenvalue weighted by atomic mass is 32.1. The Hall–Kier alpha value is -2.98. The van der Waals surface area contributed by atoms with Gasteiger partial charge in [-0.3, -0.25) is 19.4 Å². The highest BCUT2D eigenvalue weighted by molar-refractivity contribution is 7.80. The summed E-state index contributed by atoms with van der Waals surface area (Å²) >= 11 is 5.06. The summed E-state index contributed by atoms with van der Waals surface area (Å²) in [4.78, 5) is 27.2. The number of amides is 2. The molecule has 7 heteroatoms. The summed E-state index contributed by atoms with van der Waals surface area (Å²) in [7, 11) is 3.06. The van der Waals surface area contributed by atoms with Gasteiger partial charge in [-0.25, -0.2) is 0 Å². The lowest BCUT2D eigenvalue weighted by atomic mass is 10.0. The fourth-order valence-electron chi connectivity index (χ4n) is 2.40.